The minimum atomic E-state index is -3.27. The molecular weight excluding hydrogens is 200 g/mol. The van der Waals surface area contributed by atoms with Crippen LogP contribution in [0, 0.1) is 0 Å². The fraction of sp³-hybridized carbons (Fsp3) is 1.00. The van der Waals surface area contributed by atoms with Crippen molar-refractivity contribution in [2.45, 2.75) is 37.0 Å². The van der Waals surface area contributed by atoms with Gasteiger partial charge >= 0.3 is 0 Å². The summed E-state index contributed by atoms with van der Waals surface area (Å²) in [4.78, 5) is -1.41. The highest BCUT2D eigenvalue weighted by atomic mass is 35.5. The predicted octanol–water partition coefficient (Wildman–Crippen LogP) is 1.11. The lowest BCUT2D eigenvalue weighted by atomic mass is 9.97. The number of hydrogen-bond acceptors (Lipinski definition) is 3. The molecular formula is C7H15ClO3S. The molecule has 3 nitrogen and oxygen atoms in total. The Balaban J connectivity index is 0.00000121. The minimum Gasteiger partial charge on any atom is -0.374 e. The average Bonchev–Trinajstić information content (AvgIpc) is 1.87. The molecule has 0 atom stereocenters. The molecule has 0 saturated heterocycles. The van der Waals surface area contributed by atoms with Gasteiger partial charge in [-0.1, -0.05) is 6.42 Å². The van der Waals surface area contributed by atoms with Gasteiger partial charge in [-0.05, 0) is 25.7 Å². The molecule has 1 rings (SSSR count). The Bertz CT molecular complexity index is 229. The van der Waals surface area contributed by atoms with Crippen LogP contribution in [0.3, 0.4) is 0 Å². The zero-order chi connectivity index (χ0) is 8.54. The van der Waals surface area contributed by atoms with Crippen LogP contribution in [0.4, 0.5) is 0 Å². The average molecular weight is 215 g/mol. The van der Waals surface area contributed by atoms with E-state index in [2.05, 4.69) is 0 Å². The van der Waals surface area contributed by atoms with Crippen molar-refractivity contribution in [2.75, 3.05) is 6.26 Å². The van der Waals surface area contributed by atoms with Crippen LogP contribution in [0.5, 0.6) is 0 Å². The van der Waals surface area contributed by atoms with Crippen LogP contribution >= 0.6 is 12.4 Å². The Kier molecular flexibility index (Phi) is 4.00. The zero-order valence-corrected chi connectivity index (χ0v) is 8.75. The van der Waals surface area contributed by atoms with Gasteiger partial charge in [0.25, 0.3) is 0 Å². The van der Waals surface area contributed by atoms with Crippen LogP contribution in [-0.4, -0.2) is 24.7 Å². The van der Waals surface area contributed by atoms with E-state index in [0.29, 0.717) is 12.8 Å². The second kappa shape index (κ2) is 3.94. The molecule has 12 heavy (non-hydrogen) atoms. The molecule has 0 spiro atoms. The van der Waals surface area contributed by atoms with Gasteiger partial charge in [-0.15, -0.1) is 12.4 Å². The molecule has 1 N–H and O–H groups in total. The number of rotatable bonds is 1. The summed E-state index contributed by atoms with van der Waals surface area (Å²) in [7, 11) is -3.27. The van der Waals surface area contributed by atoms with Crippen molar-refractivity contribution in [1.82, 2.24) is 0 Å². The Labute approximate surface area is 79.5 Å². The molecule has 1 fully saturated rings. The summed E-state index contributed by atoms with van der Waals surface area (Å²) < 4.78 is 22.1. The SMILES string of the molecule is CS(=O)(=O)C1(O)CCCCC1.Cl. The van der Waals surface area contributed by atoms with E-state index in [1.54, 1.807) is 0 Å². The largest absolute Gasteiger partial charge is 0.374 e. The van der Waals surface area contributed by atoms with Gasteiger partial charge in [-0.2, -0.15) is 0 Å². The normalized spacial score (nSPS) is 22.8. The van der Waals surface area contributed by atoms with Gasteiger partial charge < -0.3 is 5.11 Å². The zero-order valence-electron chi connectivity index (χ0n) is 7.12. The third kappa shape index (κ3) is 2.34. The quantitative estimate of drug-likeness (QED) is 0.712. The number of aliphatic hydroxyl groups is 1. The van der Waals surface area contributed by atoms with Gasteiger partial charge in [0.15, 0.2) is 14.8 Å². The Morgan fingerprint density at radius 3 is 1.83 bits per heavy atom. The van der Waals surface area contributed by atoms with E-state index in [0.717, 1.165) is 25.5 Å². The lowest BCUT2D eigenvalue weighted by molar-refractivity contribution is 0.0837. The van der Waals surface area contributed by atoms with Crippen LogP contribution in [-0.2, 0) is 9.84 Å². The van der Waals surface area contributed by atoms with E-state index in [9.17, 15) is 13.5 Å². The molecule has 0 heterocycles. The van der Waals surface area contributed by atoms with Crippen LogP contribution in [0.25, 0.3) is 0 Å². The van der Waals surface area contributed by atoms with Crippen molar-refractivity contribution < 1.29 is 13.5 Å². The minimum absolute atomic E-state index is 0. The molecule has 0 unspecified atom stereocenters. The maximum absolute atomic E-state index is 11.1. The van der Waals surface area contributed by atoms with E-state index >= 15 is 0 Å². The molecule has 1 aliphatic carbocycles. The highest BCUT2D eigenvalue weighted by Gasteiger charge is 2.38. The fourth-order valence-electron chi connectivity index (χ4n) is 1.48. The van der Waals surface area contributed by atoms with Crippen LogP contribution in [0.15, 0.2) is 0 Å². The molecule has 0 aromatic heterocycles. The van der Waals surface area contributed by atoms with Crippen molar-refractivity contribution in [3.8, 4) is 0 Å². The van der Waals surface area contributed by atoms with Crippen LogP contribution in [0.1, 0.15) is 32.1 Å². The van der Waals surface area contributed by atoms with E-state index in [-0.39, 0.29) is 12.4 Å². The second-order valence-electron chi connectivity index (χ2n) is 3.28. The highest BCUT2D eigenvalue weighted by molar-refractivity contribution is 7.91. The lowest BCUT2D eigenvalue weighted by Crippen LogP contribution is -2.39. The number of sulfone groups is 1. The Morgan fingerprint density at radius 2 is 1.58 bits per heavy atom. The van der Waals surface area contributed by atoms with Crippen molar-refractivity contribution in [3.05, 3.63) is 0 Å². The molecule has 0 radical (unpaired) electrons. The van der Waals surface area contributed by atoms with Gasteiger partial charge in [0.2, 0.25) is 0 Å². The molecule has 0 amide bonds. The van der Waals surface area contributed by atoms with E-state index in [1.165, 1.54) is 0 Å². The summed E-state index contributed by atoms with van der Waals surface area (Å²) in [5, 5.41) is 9.62. The summed E-state index contributed by atoms with van der Waals surface area (Å²) in [5.74, 6) is 0. The van der Waals surface area contributed by atoms with Crippen molar-refractivity contribution in [1.29, 1.82) is 0 Å². The van der Waals surface area contributed by atoms with E-state index in [1.807, 2.05) is 0 Å². The first-order chi connectivity index (χ1) is 4.96. The summed E-state index contributed by atoms with van der Waals surface area (Å²) in [6.07, 6.45) is 4.61. The van der Waals surface area contributed by atoms with Gasteiger partial charge in [0, 0.05) is 6.26 Å². The maximum atomic E-state index is 11.1. The first-order valence-electron chi connectivity index (χ1n) is 3.88. The van der Waals surface area contributed by atoms with Crippen molar-refractivity contribution >= 4 is 22.2 Å². The standard InChI is InChI=1S/C7H14O3S.ClH/c1-11(9,10)7(8)5-3-2-4-6-7;/h8H,2-6H2,1H3;1H. The summed E-state index contributed by atoms with van der Waals surface area (Å²) in [5.41, 5.74) is 0. The van der Waals surface area contributed by atoms with E-state index < -0.39 is 14.8 Å². The van der Waals surface area contributed by atoms with Crippen LogP contribution < -0.4 is 0 Å². The fourth-order valence-corrected chi connectivity index (χ4v) is 2.51. The molecule has 1 aliphatic rings. The molecule has 74 valence electrons. The highest BCUT2D eigenvalue weighted by Crippen LogP contribution is 2.31. The van der Waals surface area contributed by atoms with Gasteiger partial charge in [-0.3, -0.25) is 0 Å². The Morgan fingerprint density at radius 1 is 1.17 bits per heavy atom. The van der Waals surface area contributed by atoms with Crippen molar-refractivity contribution in [3.63, 3.8) is 0 Å². The lowest BCUT2D eigenvalue weighted by Gasteiger charge is -2.29. The molecule has 1 saturated carbocycles. The first kappa shape index (κ1) is 12.2. The topological polar surface area (TPSA) is 54.4 Å². The predicted molar refractivity (Wildman–Crippen MR) is 50.1 cm³/mol. The third-order valence-corrected chi connectivity index (χ3v) is 4.11. The first-order valence-corrected chi connectivity index (χ1v) is 5.77. The van der Waals surface area contributed by atoms with Gasteiger partial charge in [0.05, 0.1) is 0 Å². The molecule has 5 heteroatoms. The molecule has 0 aromatic carbocycles. The second-order valence-corrected chi connectivity index (χ2v) is 5.58. The van der Waals surface area contributed by atoms with Crippen molar-refractivity contribution in [2.24, 2.45) is 0 Å². The summed E-state index contributed by atoms with van der Waals surface area (Å²) in [6, 6.07) is 0. The third-order valence-electron chi connectivity index (χ3n) is 2.33. The maximum Gasteiger partial charge on any atom is 0.176 e. The molecule has 0 aromatic rings. The summed E-state index contributed by atoms with van der Waals surface area (Å²) in [6.45, 7) is 0. The monoisotopic (exact) mass is 214 g/mol. The summed E-state index contributed by atoms with van der Waals surface area (Å²) >= 11 is 0. The number of halogens is 1. The number of hydrogen-bond donors (Lipinski definition) is 1. The molecule has 0 bridgehead atoms. The smallest absolute Gasteiger partial charge is 0.176 e. The van der Waals surface area contributed by atoms with Gasteiger partial charge in [-0.25, -0.2) is 8.42 Å². The van der Waals surface area contributed by atoms with E-state index in [4.69, 9.17) is 0 Å². The van der Waals surface area contributed by atoms with Crippen LogP contribution in [0.2, 0.25) is 0 Å². The van der Waals surface area contributed by atoms with Gasteiger partial charge in [0.1, 0.15) is 0 Å². The Hall–Kier alpha value is 0.200. The molecule has 0 aliphatic heterocycles.